The van der Waals surface area contributed by atoms with Crippen molar-refractivity contribution >= 4 is 21.6 Å². The number of rotatable bonds is 3. The average Bonchev–Trinajstić information content (AvgIpc) is 2.23. The van der Waals surface area contributed by atoms with E-state index in [-0.39, 0.29) is 0 Å². The van der Waals surface area contributed by atoms with Gasteiger partial charge in [0.25, 0.3) is 0 Å². The molecule has 1 nitrogen and oxygen atoms in total. The lowest BCUT2D eigenvalue weighted by Crippen LogP contribution is -2.56. The van der Waals surface area contributed by atoms with Crippen LogP contribution in [-0.4, -0.2) is 13.1 Å². The summed E-state index contributed by atoms with van der Waals surface area (Å²) in [6.45, 7) is 9.26. The van der Waals surface area contributed by atoms with Crippen molar-refractivity contribution in [2.45, 2.75) is 33.6 Å². The lowest BCUT2D eigenvalue weighted by atomic mass is 9.75. The Morgan fingerprint density at radius 3 is 2.44 bits per heavy atom. The van der Waals surface area contributed by atoms with Crippen LogP contribution >= 0.6 is 15.9 Å². The molecule has 0 radical (unpaired) electrons. The summed E-state index contributed by atoms with van der Waals surface area (Å²) < 4.78 is 1.18. The third-order valence-corrected chi connectivity index (χ3v) is 4.56. The molecular weight excluding hydrogens is 262 g/mol. The Balaban J connectivity index is 2.14. The van der Waals surface area contributed by atoms with E-state index in [2.05, 4.69) is 59.8 Å². The number of nitrogens with zero attached hydrogens (tertiary/aromatic N) is 1. The van der Waals surface area contributed by atoms with Crippen LogP contribution < -0.4 is 4.90 Å². The van der Waals surface area contributed by atoms with E-state index in [1.165, 1.54) is 41.7 Å². The summed E-state index contributed by atoms with van der Waals surface area (Å²) in [6, 6.07) is 6.55. The summed E-state index contributed by atoms with van der Waals surface area (Å²) in [5, 5.41) is 0. The van der Waals surface area contributed by atoms with E-state index < -0.39 is 0 Å². The van der Waals surface area contributed by atoms with Gasteiger partial charge in [0.15, 0.2) is 0 Å². The molecule has 0 spiro atoms. The first-order valence-electron chi connectivity index (χ1n) is 6.11. The van der Waals surface area contributed by atoms with Crippen LogP contribution in [0.25, 0.3) is 0 Å². The molecule has 0 N–H and O–H groups in total. The Kier molecular flexibility index (Phi) is 3.29. The normalized spacial score (nSPS) is 18.4. The Labute approximate surface area is 107 Å². The molecule has 0 unspecified atom stereocenters. The maximum Gasteiger partial charge on any atom is 0.0407 e. The van der Waals surface area contributed by atoms with Crippen LogP contribution in [0.2, 0.25) is 0 Å². The van der Waals surface area contributed by atoms with E-state index in [0.717, 1.165) is 0 Å². The first kappa shape index (κ1) is 12.0. The highest BCUT2D eigenvalue weighted by atomic mass is 79.9. The summed E-state index contributed by atoms with van der Waals surface area (Å²) in [5.74, 6) is 0. The van der Waals surface area contributed by atoms with Gasteiger partial charge in [0.05, 0.1) is 0 Å². The van der Waals surface area contributed by atoms with Crippen LogP contribution in [-0.2, 0) is 0 Å². The van der Waals surface area contributed by atoms with Crippen molar-refractivity contribution in [3.8, 4) is 0 Å². The Morgan fingerprint density at radius 1 is 1.25 bits per heavy atom. The number of hydrogen-bond donors (Lipinski definition) is 0. The molecule has 1 aromatic carbocycles. The minimum absolute atomic E-state index is 0.578. The molecule has 1 saturated heterocycles. The van der Waals surface area contributed by atoms with E-state index in [9.17, 15) is 0 Å². The third kappa shape index (κ3) is 2.00. The van der Waals surface area contributed by atoms with Crippen molar-refractivity contribution in [2.75, 3.05) is 18.0 Å². The Hall–Kier alpha value is -0.500. The first-order chi connectivity index (χ1) is 7.60. The largest absolute Gasteiger partial charge is 0.370 e. The van der Waals surface area contributed by atoms with Gasteiger partial charge in [-0.1, -0.05) is 35.8 Å². The summed E-state index contributed by atoms with van der Waals surface area (Å²) in [7, 11) is 0. The zero-order chi connectivity index (χ0) is 11.8. The van der Waals surface area contributed by atoms with Crippen LogP contribution in [0.15, 0.2) is 22.7 Å². The van der Waals surface area contributed by atoms with Crippen LogP contribution in [0, 0.1) is 12.3 Å². The predicted octanol–water partition coefficient (Wildman–Crippen LogP) is 4.38. The molecule has 2 rings (SSSR count). The van der Waals surface area contributed by atoms with Gasteiger partial charge < -0.3 is 4.90 Å². The predicted molar refractivity (Wildman–Crippen MR) is 74.1 cm³/mol. The second-order valence-electron chi connectivity index (χ2n) is 4.99. The van der Waals surface area contributed by atoms with Crippen molar-refractivity contribution in [1.82, 2.24) is 0 Å². The van der Waals surface area contributed by atoms with Gasteiger partial charge in [0.1, 0.15) is 0 Å². The van der Waals surface area contributed by atoms with Crippen LogP contribution in [0.1, 0.15) is 32.3 Å². The molecule has 0 aliphatic carbocycles. The van der Waals surface area contributed by atoms with E-state index in [4.69, 9.17) is 0 Å². The molecule has 1 fully saturated rings. The minimum atomic E-state index is 0.578. The van der Waals surface area contributed by atoms with Gasteiger partial charge in [-0.05, 0) is 37.5 Å². The lowest BCUT2D eigenvalue weighted by Gasteiger charge is -2.51. The molecule has 88 valence electrons. The van der Waals surface area contributed by atoms with Crippen molar-refractivity contribution < 1.29 is 0 Å². The van der Waals surface area contributed by atoms with Crippen molar-refractivity contribution in [3.05, 3.63) is 28.2 Å². The van der Waals surface area contributed by atoms with E-state index in [0.29, 0.717) is 5.41 Å². The SMILES string of the molecule is CCC1(CC)CN(c2cc(Br)ccc2C)C1. The van der Waals surface area contributed by atoms with Gasteiger partial charge in [-0.15, -0.1) is 0 Å². The zero-order valence-corrected chi connectivity index (χ0v) is 12.0. The van der Waals surface area contributed by atoms with Gasteiger partial charge >= 0.3 is 0 Å². The molecule has 1 heterocycles. The van der Waals surface area contributed by atoms with Gasteiger partial charge in [0, 0.05) is 28.7 Å². The van der Waals surface area contributed by atoms with E-state index in [1.807, 2.05) is 0 Å². The number of halogens is 1. The fraction of sp³-hybridized carbons (Fsp3) is 0.571. The molecule has 1 aliphatic rings. The Morgan fingerprint density at radius 2 is 1.88 bits per heavy atom. The second kappa shape index (κ2) is 4.40. The van der Waals surface area contributed by atoms with E-state index >= 15 is 0 Å². The summed E-state index contributed by atoms with van der Waals surface area (Å²) >= 11 is 3.55. The highest BCUT2D eigenvalue weighted by Gasteiger charge is 2.40. The Bertz CT molecular complexity index is 374. The van der Waals surface area contributed by atoms with E-state index in [1.54, 1.807) is 0 Å². The molecule has 0 aromatic heterocycles. The minimum Gasteiger partial charge on any atom is -0.370 e. The number of benzene rings is 1. The average molecular weight is 282 g/mol. The van der Waals surface area contributed by atoms with Crippen LogP contribution in [0.4, 0.5) is 5.69 Å². The molecule has 16 heavy (non-hydrogen) atoms. The zero-order valence-electron chi connectivity index (χ0n) is 10.4. The second-order valence-corrected chi connectivity index (χ2v) is 5.91. The quantitative estimate of drug-likeness (QED) is 0.795. The topological polar surface area (TPSA) is 3.24 Å². The third-order valence-electron chi connectivity index (χ3n) is 4.06. The molecule has 0 saturated carbocycles. The molecule has 0 atom stereocenters. The standard InChI is InChI=1S/C14H20BrN/c1-4-14(5-2)9-16(10-14)13-8-12(15)7-6-11(13)3/h6-8H,4-5,9-10H2,1-3H3. The van der Waals surface area contributed by atoms with Crippen molar-refractivity contribution in [1.29, 1.82) is 0 Å². The van der Waals surface area contributed by atoms with Gasteiger partial charge in [-0.2, -0.15) is 0 Å². The maximum atomic E-state index is 3.55. The molecule has 0 bridgehead atoms. The number of anilines is 1. The summed E-state index contributed by atoms with van der Waals surface area (Å²) in [4.78, 5) is 2.51. The van der Waals surface area contributed by atoms with Crippen LogP contribution in [0.5, 0.6) is 0 Å². The molecule has 1 aliphatic heterocycles. The molecule has 2 heteroatoms. The highest BCUT2D eigenvalue weighted by molar-refractivity contribution is 9.10. The maximum absolute atomic E-state index is 3.55. The van der Waals surface area contributed by atoms with Crippen molar-refractivity contribution in [2.24, 2.45) is 5.41 Å². The fourth-order valence-electron chi connectivity index (χ4n) is 2.55. The number of aryl methyl sites for hydroxylation is 1. The smallest absolute Gasteiger partial charge is 0.0407 e. The first-order valence-corrected chi connectivity index (χ1v) is 6.90. The van der Waals surface area contributed by atoms with Gasteiger partial charge in [-0.25, -0.2) is 0 Å². The fourth-order valence-corrected chi connectivity index (χ4v) is 2.90. The molecular formula is C14H20BrN. The molecule has 0 amide bonds. The van der Waals surface area contributed by atoms with Gasteiger partial charge in [0.2, 0.25) is 0 Å². The molecule has 1 aromatic rings. The van der Waals surface area contributed by atoms with Crippen molar-refractivity contribution in [3.63, 3.8) is 0 Å². The monoisotopic (exact) mass is 281 g/mol. The lowest BCUT2D eigenvalue weighted by molar-refractivity contribution is 0.194. The van der Waals surface area contributed by atoms with Gasteiger partial charge in [-0.3, -0.25) is 0 Å². The number of hydrogen-bond acceptors (Lipinski definition) is 1. The summed E-state index contributed by atoms with van der Waals surface area (Å²) in [6.07, 6.45) is 2.60. The van der Waals surface area contributed by atoms with Crippen LogP contribution in [0.3, 0.4) is 0 Å². The highest BCUT2D eigenvalue weighted by Crippen LogP contribution is 2.41. The summed E-state index contributed by atoms with van der Waals surface area (Å²) in [5.41, 5.74) is 3.35.